The summed E-state index contributed by atoms with van der Waals surface area (Å²) in [5.41, 5.74) is 3.14. The highest BCUT2D eigenvalue weighted by molar-refractivity contribution is 5.97. The first-order chi connectivity index (χ1) is 13.1. The van der Waals surface area contributed by atoms with E-state index in [1.54, 1.807) is 6.21 Å². The predicted octanol–water partition coefficient (Wildman–Crippen LogP) is 4.79. The van der Waals surface area contributed by atoms with Crippen molar-refractivity contribution in [2.24, 2.45) is 4.99 Å². The van der Waals surface area contributed by atoms with Crippen LogP contribution >= 0.6 is 0 Å². The van der Waals surface area contributed by atoms with E-state index < -0.39 is 11.7 Å². The van der Waals surface area contributed by atoms with Crippen LogP contribution in [-0.4, -0.2) is 30.4 Å². The number of amides is 2. The molecule has 0 unspecified atom stereocenters. The number of rotatable bonds is 6. The summed E-state index contributed by atoms with van der Waals surface area (Å²) in [5, 5.41) is 5.62. The molecule has 0 atom stereocenters. The Morgan fingerprint density at radius 1 is 1.21 bits per heavy atom. The van der Waals surface area contributed by atoms with Crippen molar-refractivity contribution in [3.05, 3.63) is 34.2 Å². The third-order valence-electron chi connectivity index (χ3n) is 4.44. The molecule has 0 saturated carbocycles. The number of nitrogens with one attached hydrogen (secondary N) is 2. The lowest BCUT2D eigenvalue weighted by atomic mass is 10.00. The van der Waals surface area contributed by atoms with Crippen molar-refractivity contribution in [3.63, 3.8) is 0 Å². The van der Waals surface area contributed by atoms with Crippen LogP contribution in [0.15, 0.2) is 39.2 Å². The third kappa shape index (κ3) is 8.11. The molecule has 6 heteroatoms. The van der Waals surface area contributed by atoms with Gasteiger partial charge in [-0.25, -0.2) is 9.79 Å². The van der Waals surface area contributed by atoms with Crippen molar-refractivity contribution < 1.29 is 14.3 Å². The van der Waals surface area contributed by atoms with Gasteiger partial charge < -0.3 is 10.1 Å². The van der Waals surface area contributed by atoms with Crippen LogP contribution in [0.25, 0.3) is 0 Å². The zero-order valence-electron chi connectivity index (χ0n) is 18.4. The number of allylic oxidation sites excluding steroid dienone is 4. The van der Waals surface area contributed by atoms with Gasteiger partial charge in [0.15, 0.2) is 0 Å². The lowest BCUT2D eigenvalue weighted by molar-refractivity contribution is -0.118. The molecule has 1 rings (SSSR count). The van der Waals surface area contributed by atoms with E-state index >= 15 is 0 Å². The Bertz CT molecular complexity index is 707. The van der Waals surface area contributed by atoms with Crippen molar-refractivity contribution in [1.29, 1.82) is 0 Å². The first-order valence-electron chi connectivity index (χ1n) is 9.99. The van der Waals surface area contributed by atoms with Gasteiger partial charge in [-0.2, -0.15) is 0 Å². The van der Waals surface area contributed by atoms with E-state index in [4.69, 9.17) is 4.74 Å². The van der Waals surface area contributed by atoms with Crippen molar-refractivity contribution in [2.75, 3.05) is 6.54 Å². The Hall–Kier alpha value is -2.37. The van der Waals surface area contributed by atoms with Gasteiger partial charge in [0.1, 0.15) is 11.4 Å². The van der Waals surface area contributed by atoms with Crippen LogP contribution in [-0.2, 0) is 9.53 Å². The molecule has 0 bridgehead atoms. The van der Waals surface area contributed by atoms with E-state index in [1.807, 2.05) is 47.6 Å². The van der Waals surface area contributed by atoms with Crippen LogP contribution in [0, 0.1) is 0 Å². The second kappa shape index (κ2) is 10.8. The molecular formula is C22H35N3O3. The number of ether oxygens (including phenoxy) is 1. The molecule has 2 N–H and O–H groups in total. The van der Waals surface area contributed by atoms with Gasteiger partial charge in [-0.15, -0.1) is 0 Å². The van der Waals surface area contributed by atoms with Crippen LogP contribution < -0.4 is 10.6 Å². The normalized spacial score (nSPS) is 18.5. The number of nitrogens with zero attached hydrogens (tertiary/aromatic N) is 1. The maximum atomic E-state index is 12.2. The topological polar surface area (TPSA) is 79.8 Å². The summed E-state index contributed by atoms with van der Waals surface area (Å²) in [4.78, 5) is 28.8. The molecule has 0 radical (unpaired) electrons. The minimum absolute atomic E-state index is 0.0200. The summed E-state index contributed by atoms with van der Waals surface area (Å²) in [6.07, 6.45) is 6.38. The van der Waals surface area contributed by atoms with E-state index in [9.17, 15) is 9.59 Å². The predicted molar refractivity (Wildman–Crippen MR) is 114 cm³/mol. The minimum Gasteiger partial charge on any atom is -0.444 e. The lowest BCUT2D eigenvalue weighted by Crippen LogP contribution is -2.32. The molecule has 6 nitrogen and oxygen atoms in total. The SMILES string of the molecule is CCC(C)=C(N=CC(/C=C1\CCCNC1=O)=C(\C)CC)NC(=O)OC(C)(C)C. The Kier molecular flexibility index (Phi) is 9.16. The number of alkyl carbamates (subject to hydrolysis) is 1. The summed E-state index contributed by atoms with van der Waals surface area (Å²) >= 11 is 0. The first kappa shape index (κ1) is 23.7. The van der Waals surface area contributed by atoms with Gasteiger partial charge in [0, 0.05) is 18.3 Å². The number of hydrogen-bond acceptors (Lipinski definition) is 4. The number of carbonyl (C=O) groups excluding carboxylic acids is 2. The Morgan fingerprint density at radius 3 is 2.39 bits per heavy atom. The molecule has 1 saturated heterocycles. The van der Waals surface area contributed by atoms with Crippen LogP contribution in [0.3, 0.4) is 0 Å². The van der Waals surface area contributed by atoms with Crippen LogP contribution in [0.5, 0.6) is 0 Å². The number of piperidine rings is 1. The molecule has 0 aromatic heterocycles. The van der Waals surface area contributed by atoms with Crippen molar-refractivity contribution >= 4 is 18.2 Å². The third-order valence-corrected chi connectivity index (χ3v) is 4.44. The fraction of sp³-hybridized carbons (Fsp3) is 0.591. The zero-order chi connectivity index (χ0) is 21.3. The van der Waals surface area contributed by atoms with Gasteiger partial charge in [-0.05, 0) is 77.5 Å². The van der Waals surface area contributed by atoms with Crippen molar-refractivity contribution in [3.8, 4) is 0 Å². The van der Waals surface area contributed by atoms with Crippen LogP contribution in [0.4, 0.5) is 4.79 Å². The standard InChI is InChI=1S/C22H35N3O3/c1-8-15(3)18(13-17-11-10-12-23-20(17)26)14-24-19(16(4)9-2)25-21(27)28-22(5,6)7/h13-14H,8-12H2,1-7H3,(H,23,26)(H,25,27)/b17-13+,18-15+,19-16?,24-14?. The molecule has 1 aliphatic rings. The smallest absolute Gasteiger partial charge is 0.413 e. The Morgan fingerprint density at radius 2 is 1.86 bits per heavy atom. The number of hydrogen-bond donors (Lipinski definition) is 2. The molecule has 0 aromatic carbocycles. The van der Waals surface area contributed by atoms with Crippen LogP contribution in [0.1, 0.15) is 74.1 Å². The molecule has 2 amide bonds. The Balaban J connectivity index is 3.14. The van der Waals surface area contributed by atoms with Crippen molar-refractivity contribution in [2.45, 2.75) is 79.8 Å². The van der Waals surface area contributed by atoms with E-state index in [0.29, 0.717) is 5.82 Å². The van der Waals surface area contributed by atoms with E-state index in [0.717, 1.165) is 54.5 Å². The zero-order valence-corrected chi connectivity index (χ0v) is 18.4. The highest BCUT2D eigenvalue weighted by Gasteiger charge is 2.18. The molecule has 28 heavy (non-hydrogen) atoms. The largest absolute Gasteiger partial charge is 0.444 e. The van der Waals surface area contributed by atoms with Crippen molar-refractivity contribution in [1.82, 2.24) is 10.6 Å². The van der Waals surface area contributed by atoms with E-state index in [2.05, 4.69) is 22.5 Å². The number of aliphatic imine (C=N–C) groups is 1. The summed E-state index contributed by atoms with van der Waals surface area (Å²) in [5.74, 6) is 0.457. The lowest BCUT2D eigenvalue weighted by Gasteiger charge is -2.20. The second-order valence-electron chi connectivity index (χ2n) is 7.99. The molecule has 156 valence electrons. The Labute approximate surface area is 169 Å². The van der Waals surface area contributed by atoms with Gasteiger partial charge >= 0.3 is 6.09 Å². The fourth-order valence-corrected chi connectivity index (χ4v) is 2.46. The summed E-state index contributed by atoms with van der Waals surface area (Å²) in [6, 6.07) is 0. The van der Waals surface area contributed by atoms with E-state index in [-0.39, 0.29) is 5.91 Å². The maximum absolute atomic E-state index is 12.2. The van der Waals surface area contributed by atoms with E-state index in [1.165, 1.54) is 0 Å². The van der Waals surface area contributed by atoms with Crippen LogP contribution in [0.2, 0.25) is 0 Å². The average Bonchev–Trinajstić information content (AvgIpc) is 2.62. The van der Waals surface area contributed by atoms with Gasteiger partial charge in [0.25, 0.3) is 0 Å². The minimum atomic E-state index is -0.582. The van der Waals surface area contributed by atoms with Gasteiger partial charge in [0.2, 0.25) is 5.91 Å². The molecule has 0 spiro atoms. The second-order valence-corrected chi connectivity index (χ2v) is 7.99. The summed E-state index contributed by atoms with van der Waals surface area (Å²) in [7, 11) is 0. The molecule has 1 fully saturated rings. The summed E-state index contributed by atoms with van der Waals surface area (Å²) < 4.78 is 5.34. The number of carbonyl (C=O) groups is 2. The molecule has 0 aliphatic carbocycles. The molecule has 1 aliphatic heterocycles. The molecule has 1 heterocycles. The fourth-order valence-electron chi connectivity index (χ4n) is 2.46. The highest BCUT2D eigenvalue weighted by Crippen LogP contribution is 2.17. The average molecular weight is 390 g/mol. The van der Waals surface area contributed by atoms with Gasteiger partial charge in [-0.1, -0.05) is 19.4 Å². The maximum Gasteiger partial charge on any atom is 0.413 e. The molecular weight excluding hydrogens is 354 g/mol. The monoisotopic (exact) mass is 389 g/mol. The van der Waals surface area contributed by atoms with Gasteiger partial charge in [0.05, 0.1) is 0 Å². The first-order valence-corrected chi connectivity index (χ1v) is 9.99. The summed E-state index contributed by atoms with van der Waals surface area (Å²) in [6.45, 7) is 14.2. The quantitative estimate of drug-likeness (QED) is 0.506. The molecule has 0 aromatic rings. The highest BCUT2D eigenvalue weighted by atomic mass is 16.6. The van der Waals surface area contributed by atoms with Gasteiger partial charge in [-0.3, -0.25) is 10.1 Å².